The minimum absolute atomic E-state index is 0.279. The number of nitrogens with zero attached hydrogens (tertiary/aromatic N) is 3. The third kappa shape index (κ3) is 2.18. The molecular weight excluding hydrogens is 260 g/mol. The number of rotatable bonds is 2. The summed E-state index contributed by atoms with van der Waals surface area (Å²) in [6.45, 7) is 0.965. The summed E-state index contributed by atoms with van der Waals surface area (Å²) in [5.74, 6) is 1.09. The van der Waals surface area contributed by atoms with Gasteiger partial charge in [-0.3, -0.25) is 4.98 Å². The highest BCUT2D eigenvalue weighted by atomic mass is 15.4. The van der Waals surface area contributed by atoms with Gasteiger partial charge in [-0.05, 0) is 24.1 Å². The van der Waals surface area contributed by atoms with Crippen LogP contribution in [-0.4, -0.2) is 21.3 Å². The quantitative estimate of drug-likeness (QED) is 0.780. The van der Waals surface area contributed by atoms with E-state index in [-0.39, 0.29) is 6.04 Å². The molecule has 0 saturated heterocycles. The normalized spacial score (nSPS) is 17.0. The van der Waals surface area contributed by atoms with Crippen LogP contribution in [0.15, 0.2) is 60.9 Å². The van der Waals surface area contributed by atoms with Crippen molar-refractivity contribution in [1.29, 1.82) is 0 Å². The standard InChI is InChI=1S/C17H16N4/c1-2-4-13(5-3-1)15-12-17-19-11-8-16(21(17)20-15)14-6-9-18-10-7-14/h1-7,9-10,12,16,19H,8,11H2. The maximum absolute atomic E-state index is 4.81. The second-order valence-corrected chi connectivity index (χ2v) is 5.24. The average Bonchev–Trinajstić information content (AvgIpc) is 3.00. The Morgan fingerprint density at radius 3 is 2.67 bits per heavy atom. The third-order valence-electron chi connectivity index (χ3n) is 3.92. The molecule has 4 rings (SSSR count). The molecule has 0 bridgehead atoms. The van der Waals surface area contributed by atoms with Gasteiger partial charge in [0.05, 0.1) is 11.7 Å². The van der Waals surface area contributed by atoms with Crippen LogP contribution in [0.2, 0.25) is 0 Å². The van der Waals surface area contributed by atoms with Crippen molar-refractivity contribution < 1.29 is 0 Å². The molecule has 2 aromatic heterocycles. The topological polar surface area (TPSA) is 42.7 Å². The van der Waals surface area contributed by atoms with Crippen LogP contribution in [0.4, 0.5) is 5.82 Å². The Balaban J connectivity index is 1.77. The van der Waals surface area contributed by atoms with Crippen LogP contribution in [0.3, 0.4) is 0 Å². The van der Waals surface area contributed by atoms with Crippen molar-refractivity contribution in [1.82, 2.24) is 14.8 Å². The van der Waals surface area contributed by atoms with E-state index >= 15 is 0 Å². The first kappa shape index (κ1) is 12.1. The number of hydrogen-bond acceptors (Lipinski definition) is 3. The number of fused-ring (bicyclic) bond motifs is 1. The number of nitrogens with one attached hydrogen (secondary N) is 1. The average molecular weight is 276 g/mol. The molecule has 4 heteroatoms. The summed E-state index contributed by atoms with van der Waals surface area (Å²) in [7, 11) is 0. The highest BCUT2D eigenvalue weighted by molar-refractivity contribution is 5.63. The summed E-state index contributed by atoms with van der Waals surface area (Å²) in [5.41, 5.74) is 3.42. The SMILES string of the molecule is c1ccc(-c2cc3n(n2)C(c2ccncc2)CCN3)cc1. The first-order valence-corrected chi connectivity index (χ1v) is 7.20. The maximum atomic E-state index is 4.81. The van der Waals surface area contributed by atoms with E-state index in [9.17, 15) is 0 Å². The van der Waals surface area contributed by atoms with Gasteiger partial charge in [0, 0.05) is 30.6 Å². The van der Waals surface area contributed by atoms with Crippen molar-refractivity contribution >= 4 is 5.82 Å². The zero-order valence-electron chi connectivity index (χ0n) is 11.6. The summed E-state index contributed by atoms with van der Waals surface area (Å²) >= 11 is 0. The van der Waals surface area contributed by atoms with Gasteiger partial charge in [0.25, 0.3) is 0 Å². The van der Waals surface area contributed by atoms with Crippen LogP contribution in [0.5, 0.6) is 0 Å². The molecule has 1 N–H and O–H groups in total. The Bertz CT molecular complexity index is 734. The van der Waals surface area contributed by atoms with Crippen molar-refractivity contribution in [2.45, 2.75) is 12.5 Å². The summed E-state index contributed by atoms with van der Waals surface area (Å²) in [6.07, 6.45) is 4.73. The molecule has 104 valence electrons. The molecule has 3 heterocycles. The highest BCUT2D eigenvalue weighted by Gasteiger charge is 2.23. The number of hydrogen-bond donors (Lipinski definition) is 1. The molecule has 0 amide bonds. The molecule has 1 atom stereocenters. The van der Waals surface area contributed by atoms with Crippen molar-refractivity contribution in [3.8, 4) is 11.3 Å². The zero-order valence-corrected chi connectivity index (χ0v) is 11.6. The van der Waals surface area contributed by atoms with Crippen LogP contribution in [0.1, 0.15) is 18.0 Å². The molecule has 3 aromatic rings. The first-order valence-electron chi connectivity index (χ1n) is 7.20. The van der Waals surface area contributed by atoms with Gasteiger partial charge in [-0.15, -0.1) is 0 Å². The molecule has 4 nitrogen and oxygen atoms in total. The van der Waals surface area contributed by atoms with Gasteiger partial charge in [0.15, 0.2) is 0 Å². The number of aromatic nitrogens is 3. The van der Waals surface area contributed by atoms with Crippen molar-refractivity contribution in [3.05, 3.63) is 66.5 Å². The van der Waals surface area contributed by atoms with Gasteiger partial charge in [-0.2, -0.15) is 5.10 Å². The number of anilines is 1. The van der Waals surface area contributed by atoms with E-state index in [1.54, 1.807) is 0 Å². The van der Waals surface area contributed by atoms with E-state index in [2.05, 4.69) is 45.3 Å². The lowest BCUT2D eigenvalue weighted by Crippen LogP contribution is -2.24. The van der Waals surface area contributed by atoms with Crippen molar-refractivity contribution in [3.63, 3.8) is 0 Å². The van der Waals surface area contributed by atoms with E-state index in [1.165, 1.54) is 5.56 Å². The number of pyridine rings is 1. The fraction of sp³-hybridized carbons (Fsp3) is 0.176. The van der Waals surface area contributed by atoms with Crippen LogP contribution in [-0.2, 0) is 0 Å². The van der Waals surface area contributed by atoms with E-state index in [1.807, 2.05) is 30.6 Å². The Morgan fingerprint density at radius 2 is 1.86 bits per heavy atom. The number of benzene rings is 1. The largest absolute Gasteiger partial charge is 0.370 e. The minimum Gasteiger partial charge on any atom is -0.370 e. The van der Waals surface area contributed by atoms with E-state index in [0.717, 1.165) is 30.0 Å². The first-order chi connectivity index (χ1) is 10.4. The molecule has 1 aliphatic rings. The Hall–Kier alpha value is -2.62. The van der Waals surface area contributed by atoms with Gasteiger partial charge in [-0.25, -0.2) is 4.68 Å². The molecule has 0 fully saturated rings. The summed E-state index contributed by atoms with van der Waals surface area (Å²) in [5, 5.41) is 8.25. The van der Waals surface area contributed by atoms with Crippen molar-refractivity contribution in [2.75, 3.05) is 11.9 Å². The lowest BCUT2D eigenvalue weighted by molar-refractivity contribution is 0.482. The molecule has 21 heavy (non-hydrogen) atoms. The van der Waals surface area contributed by atoms with Crippen molar-refractivity contribution in [2.24, 2.45) is 0 Å². The van der Waals surface area contributed by atoms with Crippen LogP contribution in [0, 0.1) is 0 Å². The molecule has 1 aromatic carbocycles. The Kier molecular flexibility index (Phi) is 2.92. The Morgan fingerprint density at radius 1 is 1.05 bits per heavy atom. The lowest BCUT2D eigenvalue weighted by Gasteiger charge is -2.25. The van der Waals surface area contributed by atoms with E-state index in [0.29, 0.717) is 0 Å². The van der Waals surface area contributed by atoms with Gasteiger partial charge < -0.3 is 5.32 Å². The van der Waals surface area contributed by atoms with Crippen LogP contribution >= 0.6 is 0 Å². The lowest BCUT2D eigenvalue weighted by atomic mass is 10.0. The summed E-state index contributed by atoms with van der Waals surface area (Å²) in [6, 6.07) is 16.9. The van der Waals surface area contributed by atoms with Gasteiger partial charge in [0.1, 0.15) is 5.82 Å². The van der Waals surface area contributed by atoms with Gasteiger partial charge in [-0.1, -0.05) is 30.3 Å². The van der Waals surface area contributed by atoms with E-state index < -0.39 is 0 Å². The molecule has 1 unspecified atom stereocenters. The second kappa shape index (κ2) is 5.05. The fourth-order valence-corrected chi connectivity index (χ4v) is 2.87. The van der Waals surface area contributed by atoms with Crippen LogP contribution in [0.25, 0.3) is 11.3 Å². The maximum Gasteiger partial charge on any atom is 0.125 e. The predicted octanol–water partition coefficient (Wildman–Crippen LogP) is 3.35. The summed E-state index contributed by atoms with van der Waals surface area (Å²) < 4.78 is 2.10. The molecule has 0 spiro atoms. The fourth-order valence-electron chi connectivity index (χ4n) is 2.87. The monoisotopic (exact) mass is 276 g/mol. The molecule has 0 aliphatic carbocycles. The van der Waals surface area contributed by atoms with Gasteiger partial charge >= 0.3 is 0 Å². The highest BCUT2D eigenvalue weighted by Crippen LogP contribution is 2.32. The smallest absolute Gasteiger partial charge is 0.125 e. The second-order valence-electron chi connectivity index (χ2n) is 5.24. The zero-order chi connectivity index (χ0) is 14.1. The van der Waals surface area contributed by atoms with Crippen LogP contribution < -0.4 is 5.32 Å². The molecular formula is C17H16N4. The predicted molar refractivity (Wildman–Crippen MR) is 83.1 cm³/mol. The van der Waals surface area contributed by atoms with Gasteiger partial charge in [0.2, 0.25) is 0 Å². The summed E-state index contributed by atoms with van der Waals surface area (Å²) in [4.78, 5) is 4.10. The molecule has 1 aliphatic heterocycles. The Labute approximate surface area is 123 Å². The molecule has 0 radical (unpaired) electrons. The minimum atomic E-state index is 0.279. The molecule has 0 saturated carbocycles. The third-order valence-corrected chi connectivity index (χ3v) is 3.92. The van der Waals surface area contributed by atoms with E-state index in [4.69, 9.17) is 5.10 Å².